The van der Waals surface area contributed by atoms with E-state index in [4.69, 9.17) is 18.9 Å². The molecule has 5 aromatic rings. The van der Waals surface area contributed by atoms with Crippen LogP contribution in [-0.4, -0.2) is 39.4 Å². The first kappa shape index (κ1) is 43.4. The summed E-state index contributed by atoms with van der Waals surface area (Å²) < 4.78 is 22.4. The van der Waals surface area contributed by atoms with Crippen LogP contribution in [0, 0.1) is 0 Å². The number of hydrogen-bond acceptors (Lipinski definition) is 8. The molecular weight excluding hydrogens is 725 g/mol. The molecular formula is C50H60N2O6. The van der Waals surface area contributed by atoms with Gasteiger partial charge in [0.15, 0.2) is 0 Å². The van der Waals surface area contributed by atoms with Crippen molar-refractivity contribution >= 4 is 34.7 Å². The molecule has 0 radical (unpaired) electrons. The zero-order valence-corrected chi connectivity index (χ0v) is 34.7. The van der Waals surface area contributed by atoms with Gasteiger partial charge >= 0.3 is 11.9 Å². The van der Waals surface area contributed by atoms with Crippen molar-refractivity contribution in [2.24, 2.45) is 0 Å². The fraction of sp³-hybridized carbons (Fsp3) is 0.360. The highest BCUT2D eigenvalue weighted by Gasteiger charge is 2.22. The van der Waals surface area contributed by atoms with Crippen molar-refractivity contribution in [3.63, 3.8) is 0 Å². The molecule has 0 aliphatic heterocycles. The number of carbonyl (C=O) groups excluding carboxylic acids is 2. The molecule has 0 heterocycles. The number of anilines is 4. The van der Waals surface area contributed by atoms with Crippen LogP contribution in [0.15, 0.2) is 109 Å². The van der Waals surface area contributed by atoms with Gasteiger partial charge in [-0.05, 0) is 95.8 Å². The number of nitrogens with one attached hydrogen (secondary N) is 2. The van der Waals surface area contributed by atoms with Crippen LogP contribution >= 0.6 is 0 Å². The topological polar surface area (TPSA) is 95.1 Å². The highest BCUT2D eigenvalue weighted by molar-refractivity contribution is 6.04. The maximum Gasteiger partial charge on any atom is 0.340 e. The van der Waals surface area contributed by atoms with Gasteiger partial charge in [0, 0.05) is 11.4 Å². The summed E-state index contributed by atoms with van der Waals surface area (Å²) in [6.07, 6.45) is 13.0. The number of hydrogen-bond donors (Lipinski definition) is 2. The first-order valence-corrected chi connectivity index (χ1v) is 21.0. The number of benzene rings is 5. The quantitative estimate of drug-likeness (QED) is 0.0472. The van der Waals surface area contributed by atoms with Crippen LogP contribution in [0.25, 0.3) is 22.3 Å². The average Bonchev–Trinajstić information content (AvgIpc) is 3.26. The third kappa shape index (κ3) is 13.2. The minimum absolute atomic E-state index is 0.315. The van der Waals surface area contributed by atoms with Crippen LogP contribution in [0.3, 0.4) is 0 Å². The van der Waals surface area contributed by atoms with Crippen LogP contribution in [0.2, 0.25) is 0 Å². The van der Waals surface area contributed by atoms with Gasteiger partial charge < -0.3 is 29.6 Å². The van der Waals surface area contributed by atoms with Crippen LogP contribution in [-0.2, 0) is 9.47 Å². The van der Waals surface area contributed by atoms with E-state index in [1.54, 1.807) is 26.4 Å². The highest BCUT2D eigenvalue weighted by Crippen LogP contribution is 2.34. The molecule has 0 saturated carbocycles. The van der Waals surface area contributed by atoms with Crippen molar-refractivity contribution in [3.05, 3.63) is 120 Å². The molecule has 8 nitrogen and oxygen atoms in total. The Balaban J connectivity index is 1.44. The van der Waals surface area contributed by atoms with Crippen LogP contribution in [0.1, 0.15) is 112 Å². The molecule has 58 heavy (non-hydrogen) atoms. The summed E-state index contributed by atoms with van der Waals surface area (Å²) in [5, 5.41) is 6.85. The molecule has 0 unspecified atom stereocenters. The van der Waals surface area contributed by atoms with Gasteiger partial charge in [0.2, 0.25) is 0 Å². The van der Waals surface area contributed by atoms with Crippen LogP contribution < -0.4 is 20.1 Å². The zero-order chi connectivity index (χ0) is 41.0. The van der Waals surface area contributed by atoms with Gasteiger partial charge in [-0.1, -0.05) is 127 Å². The Morgan fingerprint density at radius 2 is 0.741 bits per heavy atom. The Morgan fingerprint density at radius 3 is 1.07 bits per heavy atom. The molecule has 5 rings (SSSR count). The molecule has 0 aliphatic carbocycles. The van der Waals surface area contributed by atoms with E-state index in [1.807, 2.05) is 97.1 Å². The summed E-state index contributed by atoms with van der Waals surface area (Å²) in [5.41, 5.74) is 7.21. The number of ether oxygens (including phenoxy) is 4. The fourth-order valence-electron chi connectivity index (χ4n) is 6.76. The van der Waals surface area contributed by atoms with Crippen molar-refractivity contribution in [1.82, 2.24) is 0 Å². The number of carbonyl (C=O) groups is 2. The third-order valence-corrected chi connectivity index (χ3v) is 10.2. The lowest BCUT2D eigenvalue weighted by Crippen LogP contribution is -2.14. The standard InChI is InChI=1S/C50H60N2O6/c1-5-7-9-11-13-15-33-57-49(53)45-35-48(52-42-27-19-38(20-28-42)40-23-31-44(56-4)32-24-40)46(50(54)58-34-16-14-12-10-8-6-2)36-47(45)51-41-25-17-37(18-26-41)39-21-29-43(55-3)30-22-39/h17-32,35-36,51-52H,5-16,33-34H2,1-4H3. The first-order valence-electron chi connectivity index (χ1n) is 21.0. The Kier molecular flexibility index (Phi) is 17.5. The average molecular weight is 785 g/mol. The van der Waals surface area contributed by atoms with Crippen molar-refractivity contribution in [1.29, 1.82) is 0 Å². The van der Waals surface area contributed by atoms with E-state index in [0.717, 1.165) is 83.7 Å². The molecule has 0 atom stereocenters. The summed E-state index contributed by atoms with van der Waals surface area (Å²) >= 11 is 0. The fourth-order valence-corrected chi connectivity index (χ4v) is 6.76. The maximum atomic E-state index is 13.9. The van der Waals surface area contributed by atoms with Crippen LogP contribution in [0.5, 0.6) is 11.5 Å². The molecule has 0 aliphatic rings. The predicted molar refractivity (Wildman–Crippen MR) is 237 cm³/mol. The first-order chi connectivity index (χ1) is 28.4. The zero-order valence-electron chi connectivity index (χ0n) is 34.7. The summed E-state index contributed by atoms with van der Waals surface area (Å²) in [5.74, 6) is 0.664. The molecule has 0 bridgehead atoms. The molecule has 2 N–H and O–H groups in total. The van der Waals surface area contributed by atoms with Crippen molar-refractivity contribution < 1.29 is 28.5 Å². The van der Waals surface area contributed by atoms with Gasteiger partial charge in [-0.25, -0.2) is 9.59 Å². The number of unbranched alkanes of at least 4 members (excludes halogenated alkanes) is 10. The summed E-state index contributed by atoms with van der Waals surface area (Å²) in [6, 6.07) is 35.1. The molecule has 0 spiro atoms. The van der Waals surface area contributed by atoms with E-state index in [2.05, 4.69) is 24.5 Å². The van der Waals surface area contributed by atoms with E-state index in [9.17, 15) is 9.59 Å². The Morgan fingerprint density at radius 1 is 0.431 bits per heavy atom. The predicted octanol–water partition coefficient (Wildman–Crippen LogP) is 13.6. The van der Waals surface area contributed by atoms with E-state index < -0.39 is 11.9 Å². The lowest BCUT2D eigenvalue weighted by molar-refractivity contribution is 0.0485. The van der Waals surface area contributed by atoms with Crippen molar-refractivity contribution in [2.45, 2.75) is 90.9 Å². The normalized spacial score (nSPS) is 10.8. The van der Waals surface area contributed by atoms with E-state index in [0.29, 0.717) is 35.7 Å². The number of rotatable bonds is 24. The Bertz CT molecular complexity index is 1840. The maximum absolute atomic E-state index is 13.9. The largest absolute Gasteiger partial charge is 0.497 e. The smallest absolute Gasteiger partial charge is 0.340 e. The van der Waals surface area contributed by atoms with Gasteiger partial charge in [-0.15, -0.1) is 0 Å². The van der Waals surface area contributed by atoms with Crippen molar-refractivity contribution in [3.8, 4) is 33.8 Å². The summed E-state index contributed by atoms with van der Waals surface area (Å²) in [6.45, 7) is 5.03. The number of methoxy groups -OCH3 is 2. The second-order valence-corrected chi connectivity index (χ2v) is 14.6. The minimum Gasteiger partial charge on any atom is -0.497 e. The van der Waals surface area contributed by atoms with Gasteiger partial charge in [-0.3, -0.25) is 0 Å². The Hall–Kier alpha value is -5.76. The molecule has 0 saturated heterocycles. The van der Waals surface area contributed by atoms with Crippen LogP contribution in [0.4, 0.5) is 22.7 Å². The molecule has 8 heteroatoms. The second-order valence-electron chi connectivity index (χ2n) is 14.6. The van der Waals surface area contributed by atoms with Gasteiger partial charge in [0.1, 0.15) is 11.5 Å². The van der Waals surface area contributed by atoms with Gasteiger partial charge in [0.25, 0.3) is 0 Å². The monoisotopic (exact) mass is 784 g/mol. The van der Waals surface area contributed by atoms with Crippen molar-refractivity contribution in [2.75, 3.05) is 38.1 Å². The second kappa shape index (κ2) is 23.5. The summed E-state index contributed by atoms with van der Waals surface area (Å²) in [7, 11) is 3.30. The molecule has 5 aromatic carbocycles. The van der Waals surface area contributed by atoms with E-state index in [-0.39, 0.29) is 0 Å². The summed E-state index contributed by atoms with van der Waals surface area (Å²) in [4.78, 5) is 27.8. The van der Waals surface area contributed by atoms with Gasteiger partial charge in [-0.2, -0.15) is 0 Å². The SMILES string of the molecule is CCCCCCCCOC(=O)c1cc(Nc2ccc(-c3ccc(OC)cc3)cc2)c(C(=O)OCCCCCCCC)cc1Nc1ccc(-c2ccc(OC)cc2)cc1. The molecule has 0 aromatic heterocycles. The Labute approximate surface area is 345 Å². The van der Waals surface area contributed by atoms with Gasteiger partial charge in [0.05, 0.1) is 49.9 Å². The lowest BCUT2D eigenvalue weighted by Gasteiger charge is -2.18. The highest BCUT2D eigenvalue weighted by atomic mass is 16.5. The molecule has 0 amide bonds. The third-order valence-electron chi connectivity index (χ3n) is 10.2. The lowest BCUT2D eigenvalue weighted by atomic mass is 10.0. The molecule has 0 fully saturated rings. The minimum atomic E-state index is -0.462. The number of esters is 2. The molecule has 306 valence electrons. The van der Waals surface area contributed by atoms with E-state index >= 15 is 0 Å². The van der Waals surface area contributed by atoms with E-state index in [1.165, 1.54) is 38.5 Å².